The number of hydrogen-bond donors (Lipinski definition) is 0. The molecule has 1 spiro atoms. The van der Waals surface area contributed by atoms with Crippen molar-refractivity contribution in [1.29, 1.82) is 0 Å². The molecule has 240 valence electrons. The highest BCUT2D eigenvalue weighted by Crippen LogP contribution is 2.62. The molecule has 6 aromatic carbocycles. The maximum atomic E-state index is 6.79. The van der Waals surface area contributed by atoms with Crippen LogP contribution in [0.2, 0.25) is 0 Å². The SMILES string of the molecule is CC1(C)c2ccccc2C2(c3ccc(-c4ccc(-c5ccccc5)cc4)cc3-c3c(B4OC(C)(C)C(C)(C)O4)cccc32)c2ccccc21. The van der Waals surface area contributed by atoms with Gasteiger partial charge in [0.1, 0.15) is 0 Å². The maximum Gasteiger partial charge on any atom is 0.495 e. The Morgan fingerprint density at radius 2 is 0.878 bits per heavy atom. The van der Waals surface area contributed by atoms with E-state index in [2.05, 4.69) is 181 Å². The van der Waals surface area contributed by atoms with Gasteiger partial charge >= 0.3 is 7.12 Å². The highest BCUT2D eigenvalue weighted by Gasteiger charge is 2.57. The van der Waals surface area contributed by atoms with Gasteiger partial charge in [0.05, 0.1) is 16.6 Å². The second-order valence-electron chi connectivity index (χ2n) is 15.5. The van der Waals surface area contributed by atoms with Crippen molar-refractivity contribution in [2.24, 2.45) is 0 Å². The van der Waals surface area contributed by atoms with Gasteiger partial charge in [-0.25, -0.2) is 0 Å². The minimum absolute atomic E-state index is 0.148. The van der Waals surface area contributed by atoms with Crippen LogP contribution in [0.4, 0.5) is 0 Å². The standard InChI is InChI=1S/C46H41BO2/c1-43(2)36-17-10-12-19-38(36)46(39-20-13-11-18-37(39)43)35-28-27-33(32-25-23-31(24-26-32)30-15-8-7-9-16-30)29-34(35)42-40(46)21-14-22-41(42)47-48-44(3,4)45(5,6)49-47/h7-29H,1-6H3. The lowest BCUT2D eigenvalue weighted by Gasteiger charge is -2.46. The summed E-state index contributed by atoms with van der Waals surface area (Å²) in [4.78, 5) is 0. The molecule has 2 nitrogen and oxygen atoms in total. The monoisotopic (exact) mass is 636 g/mol. The zero-order valence-corrected chi connectivity index (χ0v) is 29.2. The van der Waals surface area contributed by atoms with Gasteiger partial charge in [-0.15, -0.1) is 0 Å². The summed E-state index contributed by atoms with van der Waals surface area (Å²) in [5.41, 5.74) is 14.9. The Morgan fingerprint density at radius 1 is 0.408 bits per heavy atom. The maximum absolute atomic E-state index is 6.79. The molecular formula is C46H41BO2. The van der Waals surface area contributed by atoms with E-state index in [4.69, 9.17) is 9.31 Å². The second-order valence-corrected chi connectivity index (χ2v) is 15.5. The van der Waals surface area contributed by atoms with Crippen LogP contribution in [0, 0.1) is 0 Å². The van der Waals surface area contributed by atoms with Crippen LogP contribution in [0.15, 0.2) is 140 Å². The lowest BCUT2D eigenvalue weighted by Crippen LogP contribution is -2.41. The number of fused-ring (bicyclic) bond motifs is 9. The second kappa shape index (κ2) is 10.4. The lowest BCUT2D eigenvalue weighted by molar-refractivity contribution is 0.00578. The fraction of sp³-hybridized carbons (Fsp3) is 0.217. The topological polar surface area (TPSA) is 18.5 Å². The summed E-state index contributed by atoms with van der Waals surface area (Å²) in [5, 5.41) is 0. The third-order valence-corrected chi connectivity index (χ3v) is 12.0. The third kappa shape index (κ3) is 4.16. The van der Waals surface area contributed by atoms with Gasteiger partial charge in [0.15, 0.2) is 0 Å². The van der Waals surface area contributed by atoms with E-state index in [9.17, 15) is 0 Å². The summed E-state index contributed by atoms with van der Waals surface area (Å²) in [6.07, 6.45) is 0. The van der Waals surface area contributed by atoms with Crippen LogP contribution < -0.4 is 5.46 Å². The van der Waals surface area contributed by atoms with Crippen molar-refractivity contribution in [2.45, 2.75) is 63.6 Å². The van der Waals surface area contributed by atoms with Crippen LogP contribution in [0.3, 0.4) is 0 Å². The van der Waals surface area contributed by atoms with Gasteiger partial charge < -0.3 is 9.31 Å². The van der Waals surface area contributed by atoms with Crippen molar-refractivity contribution in [3.05, 3.63) is 173 Å². The van der Waals surface area contributed by atoms with Gasteiger partial charge in [-0.2, -0.15) is 0 Å². The predicted molar refractivity (Wildman–Crippen MR) is 202 cm³/mol. The van der Waals surface area contributed by atoms with Crippen LogP contribution in [0.5, 0.6) is 0 Å². The predicted octanol–water partition coefficient (Wildman–Crippen LogP) is 10.3. The smallest absolute Gasteiger partial charge is 0.399 e. The molecule has 3 heteroatoms. The van der Waals surface area contributed by atoms with E-state index in [1.54, 1.807) is 0 Å². The molecule has 0 saturated carbocycles. The summed E-state index contributed by atoms with van der Waals surface area (Å²) in [7, 11) is -0.484. The molecule has 0 atom stereocenters. The van der Waals surface area contributed by atoms with Crippen molar-refractivity contribution in [2.75, 3.05) is 0 Å². The molecule has 1 aliphatic heterocycles. The molecule has 0 unspecified atom stereocenters. The normalized spacial score (nSPS) is 18.4. The van der Waals surface area contributed by atoms with Gasteiger partial charge in [-0.05, 0) is 106 Å². The van der Waals surface area contributed by atoms with E-state index < -0.39 is 23.7 Å². The van der Waals surface area contributed by atoms with Crippen LogP contribution in [-0.4, -0.2) is 18.3 Å². The Kier molecular flexibility index (Phi) is 6.45. The van der Waals surface area contributed by atoms with Gasteiger partial charge in [0.25, 0.3) is 0 Å². The summed E-state index contributed by atoms with van der Waals surface area (Å²) in [6.45, 7) is 13.3. The number of hydrogen-bond acceptors (Lipinski definition) is 2. The Morgan fingerprint density at radius 3 is 1.47 bits per heavy atom. The quantitative estimate of drug-likeness (QED) is 0.180. The molecule has 49 heavy (non-hydrogen) atoms. The molecule has 0 aromatic heterocycles. The van der Waals surface area contributed by atoms with Gasteiger partial charge in [0, 0.05) is 5.41 Å². The first-order valence-electron chi connectivity index (χ1n) is 17.5. The van der Waals surface area contributed by atoms with Crippen molar-refractivity contribution in [3.63, 3.8) is 0 Å². The van der Waals surface area contributed by atoms with Crippen molar-refractivity contribution < 1.29 is 9.31 Å². The first kappa shape index (κ1) is 30.4. The fourth-order valence-corrected chi connectivity index (χ4v) is 8.82. The van der Waals surface area contributed by atoms with Crippen molar-refractivity contribution in [3.8, 4) is 33.4 Å². The zero-order chi connectivity index (χ0) is 33.8. The molecule has 0 N–H and O–H groups in total. The first-order valence-corrected chi connectivity index (χ1v) is 17.5. The largest absolute Gasteiger partial charge is 0.495 e. The summed E-state index contributed by atoms with van der Waals surface area (Å²) < 4.78 is 13.6. The Labute approximate surface area is 290 Å². The molecule has 0 amide bonds. The molecule has 1 saturated heterocycles. The van der Waals surface area contributed by atoms with Crippen LogP contribution >= 0.6 is 0 Å². The van der Waals surface area contributed by atoms with Crippen LogP contribution in [0.25, 0.3) is 33.4 Å². The highest BCUT2D eigenvalue weighted by atomic mass is 16.7. The Bertz CT molecular complexity index is 2200. The average Bonchev–Trinajstić information content (AvgIpc) is 3.53. The van der Waals surface area contributed by atoms with Gasteiger partial charge in [-0.3, -0.25) is 0 Å². The van der Waals surface area contributed by atoms with Crippen LogP contribution in [0.1, 0.15) is 74.9 Å². The molecular weight excluding hydrogens is 595 g/mol. The average molecular weight is 637 g/mol. The molecule has 0 bridgehead atoms. The van der Waals surface area contributed by atoms with E-state index in [1.807, 2.05) is 0 Å². The number of benzene rings is 6. The van der Waals surface area contributed by atoms with E-state index in [-0.39, 0.29) is 5.41 Å². The Hall–Kier alpha value is -4.70. The van der Waals surface area contributed by atoms with Crippen molar-refractivity contribution in [1.82, 2.24) is 0 Å². The van der Waals surface area contributed by atoms with Gasteiger partial charge in [-0.1, -0.05) is 147 Å². The van der Waals surface area contributed by atoms with E-state index in [0.717, 1.165) is 5.46 Å². The lowest BCUT2D eigenvalue weighted by atomic mass is 9.55. The highest BCUT2D eigenvalue weighted by molar-refractivity contribution is 6.64. The fourth-order valence-electron chi connectivity index (χ4n) is 8.82. The summed E-state index contributed by atoms with van der Waals surface area (Å²) in [5.74, 6) is 0. The molecule has 1 heterocycles. The summed E-state index contributed by atoms with van der Waals surface area (Å²) in [6, 6.07) is 51.7. The molecule has 3 aliphatic rings. The van der Waals surface area contributed by atoms with Gasteiger partial charge in [0.2, 0.25) is 0 Å². The van der Waals surface area contributed by atoms with E-state index in [0.29, 0.717) is 0 Å². The van der Waals surface area contributed by atoms with E-state index in [1.165, 1.54) is 66.8 Å². The van der Waals surface area contributed by atoms with Crippen molar-refractivity contribution >= 4 is 12.6 Å². The molecule has 1 fully saturated rings. The summed E-state index contributed by atoms with van der Waals surface area (Å²) >= 11 is 0. The molecule has 6 aromatic rings. The zero-order valence-electron chi connectivity index (χ0n) is 29.2. The third-order valence-electron chi connectivity index (χ3n) is 12.0. The minimum Gasteiger partial charge on any atom is -0.399 e. The van der Waals surface area contributed by atoms with Crippen LogP contribution in [-0.2, 0) is 20.1 Å². The molecule has 9 rings (SSSR count). The Balaban J connectivity index is 1.32. The minimum atomic E-state index is -0.484. The molecule has 2 aliphatic carbocycles. The van der Waals surface area contributed by atoms with E-state index >= 15 is 0 Å². The first-order chi connectivity index (χ1) is 23.5. The number of rotatable bonds is 3. The molecule has 0 radical (unpaired) electrons.